The van der Waals surface area contributed by atoms with E-state index in [-0.39, 0.29) is 13.2 Å². The van der Waals surface area contributed by atoms with Crippen LogP contribution in [0.5, 0.6) is 0 Å². The maximum absolute atomic E-state index is 9.30. The molecule has 3 N–H and O–H groups in total. The molecule has 0 bridgehead atoms. The fourth-order valence-corrected chi connectivity index (χ4v) is 2.01. The highest BCUT2D eigenvalue weighted by Crippen LogP contribution is 2.18. The summed E-state index contributed by atoms with van der Waals surface area (Å²) in [7, 11) is 0. The van der Waals surface area contributed by atoms with Crippen LogP contribution in [0, 0.1) is 6.92 Å². The van der Waals surface area contributed by atoms with Gasteiger partial charge in [0, 0.05) is 17.6 Å². The summed E-state index contributed by atoms with van der Waals surface area (Å²) in [6.45, 7) is 4.13. The smallest absolute Gasteiger partial charge is 0.0708 e. The number of benzene rings is 1. The number of aryl methyl sites for hydroxylation is 1. The molecular weight excluding hydrogens is 240 g/mol. The van der Waals surface area contributed by atoms with Crippen molar-refractivity contribution in [3.63, 3.8) is 0 Å². The minimum absolute atomic E-state index is 0.106. The molecule has 0 fully saturated rings. The van der Waals surface area contributed by atoms with E-state index in [1.807, 2.05) is 37.3 Å². The number of pyridine rings is 1. The van der Waals surface area contributed by atoms with Crippen molar-refractivity contribution in [3.8, 4) is 0 Å². The number of rotatable bonds is 5. The fourth-order valence-electron chi connectivity index (χ4n) is 2.01. The van der Waals surface area contributed by atoms with Gasteiger partial charge in [0.1, 0.15) is 0 Å². The number of aliphatic hydroxyl groups is 2. The van der Waals surface area contributed by atoms with E-state index < -0.39 is 5.54 Å². The molecule has 19 heavy (non-hydrogen) atoms. The summed E-state index contributed by atoms with van der Waals surface area (Å²) in [5.41, 5.74) is 2.38. The number of hydrogen-bond donors (Lipinski definition) is 3. The molecule has 0 saturated heterocycles. The van der Waals surface area contributed by atoms with E-state index >= 15 is 0 Å². The van der Waals surface area contributed by atoms with E-state index in [1.165, 1.54) is 0 Å². The molecule has 0 atom stereocenters. The van der Waals surface area contributed by atoms with Crippen molar-refractivity contribution in [1.82, 2.24) is 10.3 Å². The largest absolute Gasteiger partial charge is 0.394 e. The number of aromatic nitrogens is 1. The SMILES string of the molecule is Cc1cc(CNC(C)(CO)CO)c2ccccc2n1. The van der Waals surface area contributed by atoms with Gasteiger partial charge in [-0.2, -0.15) is 0 Å². The predicted octanol–water partition coefficient (Wildman–Crippen LogP) is 1.38. The Kier molecular flexibility index (Phi) is 4.14. The van der Waals surface area contributed by atoms with Crippen molar-refractivity contribution >= 4 is 10.9 Å². The van der Waals surface area contributed by atoms with Crippen molar-refractivity contribution in [2.75, 3.05) is 13.2 Å². The number of para-hydroxylation sites is 1. The van der Waals surface area contributed by atoms with Crippen LogP contribution in [0.25, 0.3) is 10.9 Å². The van der Waals surface area contributed by atoms with Crippen molar-refractivity contribution in [3.05, 3.63) is 41.6 Å². The van der Waals surface area contributed by atoms with Crippen LogP contribution in [0.1, 0.15) is 18.2 Å². The van der Waals surface area contributed by atoms with Gasteiger partial charge in [-0.1, -0.05) is 18.2 Å². The van der Waals surface area contributed by atoms with Crippen LogP contribution in [0.2, 0.25) is 0 Å². The molecule has 0 spiro atoms. The first kappa shape index (κ1) is 13.9. The Bertz CT molecular complexity index is 565. The van der Waals surface area contributed by atoms with Gasteiger partial charge in [-0.3, -0.25) is 4.98 Å². The van der Waals surface area contributed by atoms with Crippen LogP contribution in [0.4, 0.5) is 0 Å². The summed E-state index contributed by atoms with van der Waals surface area (Å²) in [6.07, 6.45) is 0. The normalized spacial score (nSPS) is 12.0. The van der Waals surface area contributed by atoms with E-state index in [1.54, 1.807) is 6.92 Å². The third kappa shape index (κ3) is 3.10. The Morgan fingerprint density at radius 1 is 1.21 bits per heavy atom. The molecule has 0 amide bonds. The fraction of sp³-hybridized carbons (Fsp3) is 0.400. The maximum Gasteiger partial charge on any atom is 0.0708 e. The molecule has 1 aromatic carbocycles. The van der Waals surface area contributed by atoms with Gasteiger partial charge in [0.25, 0.3) is 0 Å². The number of aliphatic hydroxyl groups excluding tert-OH is 2. The van der Waals surface area contributed by atoms with Crippen molar-refractivity contribution < 1.29 is 10.2 Å². The van der Waals surface area contributed by atoms with Crippen LogP contribution in [0.3, 0.4) is 0 Å². The van der Waals surface area contributed by atoms with Crippen LogP contribution in [0.15, 0.2) is 30.3 Å². The van der Waals surface area contributed by atoms with Crippen molar-refractivity contribution in [2.24, 2.45) is 0 Å². The van der Waals surface area contributed by atoms with E-state index in [0.717, 1.165) is 22.2 Å². The first-order chi connectivity index (χ1) is 9.08. The quantitative estimate of drug-likeness (QED) is 0.760. The van der Waals surface area contributed by atoms with Crippen LogP contribution < -0.4 is 5.32 Å². The number of nitrogens with zero attached hydrogens (tertiary/aromatic N) is 1. The van der Waals surface area contributed by atoms with Crippen molar-refractivity contribution in [2.45, 2.75) is 25.9 Å². The second-order valence-electron chi connectivity index (χ2n) is 5.17. The molecule has 4 heteroatoms. The molecule has 2 aromatic rings. The summed E-state index contributed by atoms with van der Waals surface area (Å²) in [5.74, 6) is 0. The Balaban J connectivity index is 2.30. The topological polar surface area (TPSA) is 65.4 Å². The number of fused-ring (bicyclic) bond motifs is 1. The third-order valence-corrected chi connectivity index (χ3v) is 3.33. The minimum Gasteiger partial charge on any atom is -0.394 e. The summed E-state index contributed by atoms with van der Waals surface area (Å²) >= 11 is 0. The first-order valence-electron chi connectivity index (χ1n) is 6.40. The van der Waals surface area contributed by atoms with Gasteiger partial charge in [-0.05, 0) is 31.5 Å². The van der Waals surface area contributed by atoms with E-state index in [2.05, 4.69) is 10.3 Å². The molecule has 0 radical (unpaired) electrons. The van der Waals surface area contributed by atoms with Gasteiger partial charge >= 0.3 is 0 Å². The molecule has 0 aliphatic heterocycles. The summed E-state index contributed by atoms with van der Waals surface area (Å²) in [4.78, 5) is 4.49. The lowest BCUT2D eigenvalue weighted by Gasteiger charge is -2.26. The number of nitrogens with one attached hydrogen (secondary N) is 1. The lowest BCUT2D eigenvalue weighted by atomic mass is 10.0. The molecule has 1 aromatic heterocycles. The Labute approximate surface area is 113 Å². The molecule has 0 aliphatic carbocycles. The van der Waals surface area contributed by atoms with Crippen LogP contribution >= 0.6 is 0 Å². The summed E-state index contributed by atoms with van der Waals surface area (Å²) in [5, 5.41) is 22.9. The average molecular weight is 260 g/mol. The molecule has 0 aliphatic rings. The summed E-state index contributed by atoms with van der Waals surface area (Å²) < 4.78 is 0. The van der Waals surface area contributed by atoms with E-state index in [4.69, 9.17) is 0 Å². The van der Waals surface area contributed by atoms with Crippen LogP contribution in [-0.4, -0.2) is 33.9 Å². The van der Waals surface area contributed by atoms with Gasteiger partial charge in [0.05, 0.1) is 24.3 Å². The standard InChI is InChI=1S/C15H20N2O2/c1-11-7-12(8-16-15(2,9-18)10-19)13-5-3-4-6-14(13)17-11/h3-7,16,18-19H,8-10H2,1-2H3. The zero-order valence-corrected chi connectivity index (χ0v) is 11.3. The monoisotopic (exact) mass is 260 g/mol. The lowest BCUT2D eigenvalue weighted by molar-refractivity contribution is 0.103. The zero-order valence-electron chi connectivity index (χ0n) is 11.3. The molecule has 1 heterocycles. The molecule has 2 rings (SSSR count). The van der Waals surface area contributed by atoms with Crippen molar-refractivity contribution in [1.29, 1.82) is 0 Å². The van der Waals surface area contributed by atoms with Crippen LogP contribution in [-0.2, 0) is 6.54 Å². The zero-order chi connectivity index (χ0) is 13.9. The molecular formula is C15H20N2O2. The molecule has 102 valence electrons. The highest BCUT2D eigenvalue weighted by atomic mass is 16.3. The van der Waals surface area contributed by atoms with Gasteiger partial charge in [0.15, 0.2) is 0 Å². The van der Waals surface area contributed by atoms with E-state index in [9.17, 15) is 10.2 Å². The van der Waals surface area contributed by atoms with Gasteiger partial charge < -0.3 is 15.5 Å². The Hall–Kier alpha value is -1.49. The second kappa shape index (κ2) is 5.65. The minimum atomic E-state index is -0.668. The van der Waals surface area contributed by atoms with Gasteiger partial charge in [0.2, 0.25) is 0 Å². The first-order valence-corrected chi connectivity index (χ1v) is 6.40. The highest BCUT2D eigenvalue weighted by Gasteiger charge is 2.21. The Morgan fingerprint density at radius 2 is 1.89 bits per heavy atom. The highest BCUT2D eigenvalue weighted by molar-refractivity contribution is 5.82. The van der Waals surface area contributed by atoms with Gasteiger partial charge in [-0.15, -0.1) is 0 Å². The second-order valence-corrected chi connectivity index (χ2v) is 5.17. The lowest BCUT2D eigenvalue weighted by Crippen LogP contribution is -2.48. The molecule has 0 saturated carbocycles. The maximum atomic E-state index is 9.30. The van der Waals surface area contributed by atoms with E-state index in [0.29, 0.717) is 6.54 Å². The number of hydrogen-bond acceptors (Lipinski definition) is 4. The average Bonchev–Trinajstić information content (AvgIpc) is 2.44. The van der Waals surface area contributed by atoms with Gasteiger partial charge in [-0.25, -0.2) is 0 Å². The molecule has 0 unspecified atom stereocenters. The predicted molar refractivity (Wildman–Crippen MR) is 75.9 cm³/mol. The molecule has 4 nitrogen and oxygen atoms in total. The third-order valence-electron chi connectivity index (χ3n) is 3.33. The Morgan fingerprint density at radius 3 is 2.58 bits per heavy atom. The summed E-state index contributed by atoms with van der Waals surface area (Å²) in [6, 6.07) is 10.0.